The van der Waals surface area contributed by atoms with E-state index in [4.69, 9.17) is 4.74 Å². The summed E-state index contributed by atoms with van der Waals surface area (Å²) in [6.07, 6.45) is -0.0706. The Hall–Kier alpha value is -0.470. The summed E-state index contributed by atoms with van der Waals surface area (Å²) < 4.78 is 8.00. The van der Waals surface area contributed by atoms with Crippen LogP contribution in [0.1, 0.15) is 25.5 Å². The molecule has 3 unspecified atom stereocenters. The van der Waals surface area contributed by atoms with Crippen molar-refractivity contribution in [1.82, 2.24) is 4.67 Å². The maximum Gasteiger partial charge on any atom is 0.120 e. The maximum absolute atomic E-state index is 9.47. The Balaban J connectivity index is 2.29. The monoisotopic (exact) mass is 239 g/mol. The fourth-order valence-electron chi connectivity index (χ4n) is 2.11. The zero-order valence-electron chi connectivity index (χ0n) is 9.63. The van der Waals surface area contributed by atoms with Crippen LogP contribution >= 0.6 is 9.39 Å². The van der Waals surface area contributed by atoms with Gasteiger partial charge in [-0.15, -0.1) is 0 Å². The molecule has 1 N–H and O–H groups in total. The van der Waals surface area contributed by atoms with Crippen molar-refractivity contribution in [2.75, 3.05) is 6.61 Å². The van der Waals surface area contributed by atoms with E-state index in [0.29, 0.717) is 0 Å². The number of aliphatic hydroxyl groups excluding tert-OH is 1. The van der Waals surface area contributed by atoms with Crippen molar-refractivity contribution in [3.63, 3.8) is 0 Å². The molecule has 0 bridgehead atoms. The van der Waals surface area contributed by atoms with Gasteiger partial charge in [-0.25, -0.2) is 0 Å². The van der Waals surface area contributed by atoms with Crippen LogP contribution in [0.4, 0.5) is 0 Å². The van der Waals surface area contributed by atoms with Crippen molar-refractivity contribution in [1.29, 1.82) is 0 Å². The largest absolute Gasteiger partial charge is 0.395 e. The van der Waals surface area contributed by atoms with E-state index in [0.717, 1.165) is 5.56 Å². The van der Waals surface area contributed by atoms with Crippen molar-refractivity contribution < 1.29 is 9.84 Å². The van der Waals surface area contributed by atoms with E-state index in [9.17, 15) is 5.11 Å². The highest BCUT2D eigenvalue weighted by atomic mass is 31.0. The molecule has 1 fully saturated rings. The van der Waals surface area contributed by atoms with Gasteiger partial charge in [0.2, 0.25) is 0 Å². The third kappa shape index (κ3) is 2.01. The molecule has 88 valence electrons. The molecule has 0 saturated carbocycles. The van der Waals surface area contributed by atoms with Crippen LogP contribution in [-0.4, -0.2) is 28.2 Å². The Morgan fingerprint density at radius 3 is 2.56 bits per heavy atom. The summed E-state index contributed by atoms with van der Waals surface area (Å²) >= 11 is 0. The van der Waals surface area contributed by atoms with Gasteiger partial charge in [0.05, 0.1) is 12.6 Å². The molecule has 1 aromatic rings. The quantitative estimate of drug-likeness (QED) is 0.801. The second-order valence-electron chi connectivity index (χ2n) is 4.55. The smallest absolute Gasteiger partial charge is 0.120 e. The van der Waals surface area contributed by atoms with Gasteiger partial charge in [0.25, 0.3) is 0 Å². The molecule has 0 aromatic heterocycles. The standard InChI is InChI=1S/C12H18NO2P/c1-12(2)13(16)10(8-14)11(15-12)9-6-4-3-5-7-9/h3-7,10-11,14H,8,16H2,1-2H3. The number of benzene rings is 1. The van der Waals surface area contributed by atoms with Gasteiger partial charge >= 0.3 is 0 Å². The zero-order chi connectivity index (χ0) is 11.8. The predicted molar refractivity (Wildman–Crippen MR) is 66.8 cm³/mol. The van der Waals surface area contributed by atoms with E-state index in [-0.39, 0.29) is 24.5 Å². The summed E-state index contributed by atoms with van der Waals surface area (Å²) in [4.78, 5) is 0. The summed E-state index contributed by atoms with van der Waals surface area (Å²) in [6.45, 7) is 4.10. The van der Waals surface area contributed by atoms with Crippen LogP contribution in [0.25, 0.3) is 0 Å². The molecule has 3 nitrogen and oxygen atoms in total. The first kappa shape index (κ1) is 12.0. The lowest BCUT2D eigenvalue weighted by Gasteiger charge is -2.27. The Labute approximate surface area is 98.7 Å². The molecule has 0 aliphatic carbocycles. The SMILES string of the molecule is CC1(C)OC(c2ccccc2)C(CO)N1P. The van der Waals surface area contributed by atoms with Crippen LogP contribution in [0.15, 0.2) is 30.3 Å². The predicted octanol–water partition coefficient (Wildman–Crippen LogP) is 1.95. The van der Waals surface area contributed by atoms with Crippen molar-refractivity contribution >= 4 is 9.39 Å². The van der Waals surface area contributed by atoms with Crippen molar-refractivity contribution in [3.05, 3.63) is 35.9 Å². The van der Waals surface area contributed by atoms with Crippen LogP contribution in [0, 0.1) is 0 Å². The molecule has 3 atom stereocenters. The number of hydrogen-bond donors (Lipinski definition) is 1. The lowest BCUT2D eigenvalue weighted by molar-refractivity contribution is -0.0488. The molecule has 1 aromatic carbocycles. The second-order valence-corrected chi connectivity index (χ2v) is 5.11. The first-order valence-electron chi connectivity index (χ1n) is 5.44. The van der Waals surface area contributed by atoms with Crippen molar-refractivity contribution in [3.8, 4) is 0 Å². The first-order valence-corrected chi connectivity index (χ1v) is 5.95. The Morgan fingerprint density at radius 1 is 1.38 bits per heavy atom. The highest BCUT2D eigenvalue weighted by Gasteiger charge is 2.45. The molecule has 1 saturated heterocycles. The molecular weight excluding hydrogens is 221 g/mol. The minimum Gasteiger partial charge on any atom is -0.395 e. The van der Waals surface area contributed by atoms with Crippen LogP contribution in [0.3, 0.4) is 0 Å². The molecule has 0 spiro atoms. The van der Waals surface area contributed by atoms with E-state index >= 15 is 0 Å². The van der Waals surface area contributed by atoms with Crippen molar-refractivity contribution in [2.24, 2.45) is 0 Å². The molecule has 0 amide bonds. The van der Waals surface area contributed by atoms with E-state index in [1.165, 1.54) is 0 Å². The number of hydrogen-bond acceptors (Lipinski definition) is 3. The van der Waals surface area contributed by atoms with E-state index in [1.54, 1.807) is 0 Å². The Morgan fingerprint density at radius 2 is 2.00 bits per heavy atom. The van der Waals surface area contributed by atoms with Gasteiger partial charge in [-0.2, -0.15) is 0 Å². The van der Waals surface area contributed by atoms with Crippen LogP contribution in [0.5, 0.6) is 0 Å². The van der Waals surface area contributed by atoms with Crippen molar-refractivity contribution in [2.45, 2.75) is 31.7 Å². The second kappa shape index (κ2) is 4.42. The van der Waals surface area contributed by atoms with Crippen LogP contribution in [0.2, 0.25) is 0 Å². The van der Waals surface area contributed by atoms with Gasteiger partial charge in [0, 0.05) is 0 Å². The molecule has 1 aliphatic heterocycles. The molecule has 2 rings (SSSR count). The fraction of sp³-hybridized carbons (Fsp3) is 0.500. The first-order chi connectivity index (χ1) is 7.56. The molecular formula is C12H18NO2P. The average Bonchev–Trinajstić information content (AvgIpc) is 2.52. The van der Waals surface area contributed by atoms with Crippen LogP contribution in [-0.2, 0) is 4.74 Å². The topological polar surface area (TPSA) is 32.7 Å². The lowest BCUT2D eigenvalue weighted by atomic mass is 10.0. The van der Waals surface area contributed by atoms with E-state index in [1.807, 2.05) is 48.8 Å². The number of rotatable bonds is 2. The molecule has 1 heterocycles. The highest BCUT2D eigenvalue weighted by molar-refractivity contribution is 7.13. The summed E-state index contributed by atoms with van der Waals surface area (Å²) in [5.74, 6) is 0. The van der Waals surface area contributed by atoms with Gasteiger partial charge in [-0.05, 0) is 19.4 Å². The highest BCUT2D eigenvalue weighted by Crippen LogP contribution is 2.42. The summed E-state index contributed by atoms with van der Waals surface area (Å²) in [5.41, 5.74) is 0.748. The third-order valence-corrected chi connectivity index (χ3v) is 4.06. The minimum absolute atomic E-state index is 0.0117. The van der Waals surface area contributed by atoms with E-state index < -0.39 is 0 Å². The maximum atomic E-state index is 9.47. The molecule has 16 heavy (non-hydrogen) atoms. The van der Waals surface area contributed by atoms with Gasteiger partial charge in [-0.1, -0.05) is 39.7 Å². The minimum atomic E-state index is -0.363. The summed E-state index contributed by atoms with van der Waals surface area (Å²) in [7, 11) is 2.65. The fourth-order valence-corrected chi connectivity index (χ4v) is 2.42. The third-order valence-electron chi connectivity index (χ3n) is 3.06. The van der Waals surface area contributed by atoms with Gasteiger partial charge in [-0.3, -0.25) is 4.67 Å². The zero-order valence-corrected chi connectivity index (χ0v) is 10.8. The number of ether oxygens (including phenoxy) is 1. The Bertz CT molecular complexity index is 355. The van der Waals surface area contributed by atoms with E-state index in [2.05, 4.69) is 9.39 Å². The normalized spacial score (nSPS) is 29.5. The van der Waals surface area contributed by atoms with Gasteiger partial charge < -0.3 is 9.84 Å². The molecule has 0 radical (unpaired) electrons. The number of nitrogens with zero attached hydrogens (tertiary/aromatic N) is 1. The average molecular weight is 239 g/mol. The molecule has 1 aliphatic rings. The summed E-state index contributed by atoms with van der Waals surface area (Å²) in [5, 5.41) is 9.47. The molecule has 4 heteroatoms. The van der Waals surface area contributed by atoms with Gasteiger partial charge in [0.15, 0.2) is 0 Å². The van der Waals surface area contributed by atoms with Crippen LogP contribution < -0.4 is 0 Å². The number of aliphatic hydroxyl groups is 1. The lowest BCUT2D eigenvalue weighted by Crippen LogP contribution is -2.37. The van der Waals surface area contributed by atoms with Gasteiger partial charge in [0.1, 0.15) is 11.8 Å². The summed E-state index contributed by atoms with van der Waals surface area (Å²) in [6, 6.07) is 10.0. The Kier molecular flexibility index (Phi) is 3.32.